The van der Waals surface area contributed by atoms with Gasteiger partial charge in [-0.2, -0.15) is 0 Å². The summed E-state index contributed by atoms with van der Waals surface area (Å²) in [5, 5.41) is 11.7. The second kappa shape index (κ2) is 7.09. The Balaban J connectivity index is 2.50. The van der Waals surface area contributed by atoms with Crippen LogP contribution >= 0.6 is 0 Å². The second-order valence-electron chi connectivity index (χ2n) is 5.26. The molecule has 5 heteroatoms. The number of pyridine rings is 1. The van der Waals surface area contributed by atoms with Crippen LogP contribution in [0, 0.1) is 5.41 Å². The first-order valence-electron chi connectivity index (χ1n) is 6.37. The van der Waals surface area contributed by atoms with Crippen molar-refractivity contribution in [2.45, 2.75) is 26.7 Å². The Hall–Kier alpha value is -1.62. The number of amides is 1. The normalized spacial score (nSPS) is 11.2. The van der Waals surface area contributed by atoms with Crippen molar-refractivity contribution in [1.82, 2.24) is 10.3 Å². The van der Waals surface area contributed by atoms with Gasteiger partial charge in [0.1, 0.15) is 0 Å². The van der Waals surface area contributed by atoms with Crippen molar-refractivity contribution in [3.8, 4) is 5.88 Å². The maximum Gasteiger partial charge on any atom is 0.252 e. The first-order valence-corrected chi connectivity index (χ1v) is 6.37. The number of hydrogen-bond donors (Lipinski definition) is 2. The van der Waals surface area contributed by atoms with E-state index in [9.17, 15) is 4.79 Å². The van der Waals surface area contributed by atoms with Crippen LogP contribution < -0.4 is 10.1 Å². The van der Waals surface area contributed by atoms with Gasteiger partial charge in [-0.3, -0.25) is 4.79 Å². The largest absolute Gasteiger partial charge is 0.481 e. The van der Waals surface area contributed by atoms with Crippen LogP contribution in [0.2, 0.25) is 0 Å². The minimum absolute atomic E-state index is 0.0295. The van der Waals surface area contributed by atoms with E-state index in [1.165, 1.54) is 13.3 Å². The molecule has 0 bridgehead atoms. The standard InChI is InChI=1S/C14H22N2O3/c1-14(2,7-4-8-17)10-16-13(18)11-5-6-12(19-3)15-9-11/h5-6,9,17H,4,7-8,10H2,1-3H3,(H,16,18). The van der Waals surface area contributed by atoms with Gasteiger partial charge in [0, 0.05) is 25.4 Å². The number of aliphatic hydroxyl groups is 1. The molecule has 0 aliphatic carbocycles. The van der Waals surface area contributed by atoms with Gasteiger partial charge in [0.2, 0.25) is 5.88 Å². The maximum atomic E-state index is 11.9. The number of methoxy groups -OCH3 is 1. The average molecular weight is 266 g/mol. The fourth-order valence-electron chi connectivity index (χ4n) is 1.70. The smallest absolute Gasteiger partial charge is 0.252 e. The maximum absolute atomic E-state index is 11.9. The van der Waals surface area contributed by atoms with E-state index < -0.39 is 0 Å². The molecule has 0 atom stereocenters. The molecule has 0 aliphatic rings. The molecular formula is C14H22N2O3. The summed E-state index contributed by atoms with van der Waals surface area (Å²) in [5.41, 5.74) is 0.483. The first-order chi connectivity index (χ1) is 8.98. The third-order valence-corrected chi connectivity index (χ3v) is 2.95. The number of nitrogens with one attached hydrogen (secondary N) is 1. The minimum Gasteiger partial charge on any atom is -0.481 e. The van der Waals surface area contributed by atoms with Crippen LogP contribution in [0.15, 0.2) is 18.3 Å². The molecule has 5 nitrogen and oxygen atoms in total. The molecule has 19 heavy (non-hydrogen) atoms. The topological polar surface area (TPSA) is 71.5 Å². The van der Waals surface area contributed by atoms with E-state index in [2.05, 4.69) is 24.1 Å². The predicted octanol–water partition coefficient (Wildman–Crippen LogP) is 1.62. The monoisotopic (exact) mass is 266 g/mol. The Morgan fingerprint density at radius 3 is 2.74 bits per heavy atom. The zero-order valence-corrected chi connectivity index (χ0v) is 11.8. The Kier molecular flexibility index (Phi) is 5.76. The zero-order chi connectivity index (χ0) is 14.3. The van der Waals surface area contributed by atoms with Crippen LogP contribution in [0.4, 0.5) is 0 Å². The number of carbonyl (C=O) groups excluding carboxylic acids is 1. The van der Waals surface area contributed by atoms with Gasteiger partial charge in [0.15, 0.2) is 0 Å². The molecule has 0 spiro atoms. The van der Waals surface area contributed by atoms with E-state index in [-0.39, 0.29) is 17.9 Å². The second-order valence-corrected chi connectivity index (χ2v) is 5.26. The lowest BCUT2D eigenvalue weighted by Crippen LogP contribution is -2.34. The number of rotatable bonds is 7. The SMILES string of the molecule is COc1ccc(C(=O)NCC(C)(C)CCCO)cn1. The van der Waals surface area contributed by atoms with E-state index in [4.69, 9.17) is 9.84 Å². The van der Waals surface area contributed by atoms with Gasteiger partial charge in [-0.25, -0.2) is 4.98 Å². The molecule has 1 amide bonds. The predicted molar refractivity (Wildman–Crippen MR) is 73.2 cm³/mol. The summed E-state index contributed by atoms with van der Waals surface area (Å²) in [6.07, 6.45) is 3.10. The van der Waals surface area contributed by atoms with Crippen molar-refractivity contribution in [2.24, 2.45) is 5.41 Å². The Bertz CT molecular complexity index is 402. The summed E-state index contributed by atoms with van der Waals surface area (Å²) >= 11 is 0. The lowest BCUT2D eigenvalue weighted by molar-refractivity contribution is 0.0932. The molecule has 0 fully saturated rings. The van der Waals surface area contributed by atoms with E-state index >= 15 is 0 Å². The molecule has 1 heterocycles. The van der Waals surface area contributed by atoms with Crippen molar-refractivity contribution in [3.05, 3.63) is 23.9 Å². The average Bonchev–Trinajstić information content (AvgIpc) is 2.43. The lowest BCUT2D eigenvalue weighted by atomic mass is 9.88. The number of aromatic nitrogens is 1. The van der Waals surface area contributed by atoms with E-state index in [0.29, 0.717) is 18.0 Å². The molecular weight excluding hydrogens is 244 g/mol. The Labute approximate surface area is 114 Å². The number of aliphatic hydroxyl groups excluding tert-OH is 1. The highest BCUT2D eigenvalue weighted by Gasteiger charge is 2.18. The molecule has 2 N–H and O–H groups in total. The fourth-order valence-corrected chi connectivity index (χ4v) is 1.70. The third-order valence-electron chi connectivity index (χ3n) is 2.95. The van der Waals surface area contributed by atoms with Crippen molar-refractivity contribution < 1.29 is 14.6 Å². The number of hydrogen-bond acceptors (Lipinski definition) is 4. The van der Waals surface area contributed by atoms with Crippen LogP contribution in [-0.4, -0.2) is 36.3 Å². The molecule has 0 aliphatic heterocycles. The summed E-state index contributed by atoms with van der Waals surface area (Å²) in [5.74, 6) is 0.340. The summed E-state index contributed by atoms with van der Waals surface area (Å²) in [6, 6.07) is 3.34. The highest BCUT2D eigenvalue weighted by molar-refractivity contribution is 5.93. The van der Waals surface area contributed by atoms with Crippen molar-refractivity contribution in [1.29, 1.82) is 0 Å². The third kappa shape index (κ3) is 5.26. The fraction of sp³-hybridized carbons (Fsp3) is 0.571. The molecule has 0 saturated heterocycles. The molecule has 1 aromatic heterocycles. The van der Waals surface area contributed by atoms with Gasteiger partial charge < -0.3 is 15.2 Å². The number of nitrogens with zero attached hydrogens (tertiary/aromatic N) is 1. The van der Waals surface area contributed by atoms with Crippen LogP contribution in [0.25, 0.3) is 0 Å². The van der Waals surface area contributed by atoms with Gasteiger partial charge in [0.05, 0.1) is 12.7 Å². The number of ether oxygens (including phenoxy) is 1. The molecule has 1 rings (SSSR count). The summed E-state index contributed by atoms with van der Waals surface area (Å²) < 4.78 is 4.94. The highest BCUT2D eigenvalue weighted by atomic mass is 16.5. The van der Waals surface area contributed by atoms with Crippen molar-refractivity contribution in [2.75, 3.05) is 20.3 Å². The van der Waals surface area contributed by atoms with E-state index in [0.717, 1.165) is 12.8 Å². The van der Waals surface area contributed by atoms with Gasteiger partial charge in [-0.15, -0.1) is 0 Å². The van der Waals surface area contributed by atoms with E-state index in [1.807, 2.05) is 0 Å². The molecule has 0 radical (unpaired) electrons. The zero-order valence-electron chi connectivity index (χ0n) is 11.8. The first kappa shape index (κ1) is 15.4. The summed E-state index contributed by atoms with van der Waals surface area (Å²) in [7, 11) is 1.53. The van der Waals surface area contributed by atoms with Crippen molar-refractivity contribution in [3.63, 3.8) is 0 Å². The van der Waals surface area contributed by atoms with Gasteiger partial charge in [0.25, 0.3) is 5.91 Å². The highest BCUT2D eigenvalue weighted by Crippen LogP contribution is 2.20. The molecule has 0 saturated carbocycles. The van der Waals surface area contributed by atoms with Gasteiger partial charge in [-0.1, -0.05) is 13.8 Å². The Morgan fingerprint density at radius 1 is 1.47 bits per heavy atom. The Morgan fingerprint density at radius 2 is 2.21 bits per heavy atom. The molecule has 1 aromatic rings. The number of carbonyl (C=O) groups is 1. The summed E-state index contributed by atoms with van der Waals surface area (Å²) in [4.78, 5) is 15.9. The van der Waals surface area contributed by atoms with Crippen LogP contribution in [0.5, 0.6) is 5.88 Å². The van der Waals surface area contributed by atoms with Crippen LogP contribution in [0.3, 0.4) is 0 Å². The quantitative estimate of drug-likeness (QED) is 0.786. The lowest BCUT2D eigenvalue weighted by Gasteiger charge is -2.24. The van der Waals surface area contributed by atoms with Gasteiger partial charge >= 0.3 is 0 Å². The van der Waals surface area contributed by atoms with Crippen LogP contribution in [0.1, 0.15) is 37.0 Å². The van der Waals surface area contributed by atoms with E-state index in [1.54, 1.807) is 12.1 Å². The molecule has 0 aromatic carbocycles. The van der Waals surface area contributed by atoms with Crippen molar-refractivity contribution >= 4 is 5.91 Å². The van der Waals surface area contributed by atoms with Crippen LogP contribution in [-0.2, 0) is 0 Å². The summed E-state index contributed by atoms with van der Waals surface area (Å²) in [6.45, 7) is 4.88. The molecule has 106 valence electrons. The minimum atomic E-state index is -0.146. The van der Waals surface area contributed by atoms with Gasteiger partial charge in [-0.05, 0) is 24.3 Å². The molecule has 0 unspecified atom stereocenters.